The maximum absolute atomic E-state index is 13.5. The summed E-state index contributed by atoms with van der Waals surface area (Å²) in [5.74, 6) is -1.25. The van der Waals surface area contributed by atoms with Crippen LogP contribution in [0.15, 0.2) is 48.5 Å². The number of halogens is 4. The van der Waals surface area contributed by atoms with E-state index in [1.54, 1.807) is 17.7 Å². The molecule has 2 amide bonds. The predicted molar refractivity (Wildman–Crippen MR) is 126 cm³/mol. The van der Waals surface area contributed by atoms with E-state index in [1.807, 2.05) is 25.1 Å². The Kier molecular flexibility index (Phi) is 7.46. The quantitative estimate of drug-likeness (QED) is 0.427. The number of amides is 2. The van der Waals surface area contributed by atoms with Gasteiger partial charge in [0.15, 0.2) is 0 Å². The Hall–Kier alpha value is -3.59. The highest BCUT2D eigenvalue weighted by Crippen LogP contribution is 2.36. The number of rotatable bonds is 6. The molecule has 0 fully saturated rings. The summed E-state index contributed by atoms with van der Waals surface area (Å²) < 4.78 is 42.2. The van der Waals surface area contributed by atoms with Crippen molar-refractivity contribution in [1.82, 2.24) is 9.78 Å². The summed E-state index contributed by atoms with van der Waals surface area (Å²) in [5.41, 5.74) is 1.48. The van der Waals surface area contributed by atoms with Crippen molar-refractivity contribution < 1.29 is 22.8 Å². The number of benzene rings is 2. The Morgan fingerprint density at radius 3 is 2.47 bits per heavy atom. The van der Waals surface area contributed by atoms with Crippen LogP contribution in [0.5, 0.6) is 0 Å². The second-order valence-corrected chi connectivity index (χ2v) is 8.00. The number of aromatic nitrogens is 2. The first-order valence-electron chi connectivity index (χ1n) is 10.2. The van der Waals surface area contributed by atoms with Crippen molar-refractivity contribution in [2.45, 2.75) is 33.5 Å². The highest BCUT2D eigenvalue weighted by Gasteiger charge is 2.34. The summed E-state index contributed by atoms with van der Waals surface area (Å²) in [6.45, 7) is 5.23. The third kappa shape index (κ3) is 6.05. The average Bonchev–Trinajstić information content (AvgIpc) is 3.00. The minimum atomic E-state index is -4.73. The van der Waals surface area contributed by atoms with E-state index < -0.39 is 29.2 Å². The molecule has 1 aromatic heterocycles. The minimum absolute atomic E-state index is 0.0226. The molecule has 0 atom stereocenters. The number of carbonyl (C=O) groups excluding carboxylic acids is 2. The summed E-state index contributed by atoms with van der Waals surface area (Å²) >= 11 is 6.22. The Bertz CT molecular complexity index is 1270. The SMILES string of the molecule is CC(=O)Nc1ccc(NC(=O)/C=C/c2c(C)nn(Cc3ccccc3Cl)c2C)c(C(F)(F)F)c1. The first kappa shape index (κ1) is 25.0. The van der Waals surface area contributed by atoms with Crippen LogP contribution >= 0.6 is 11.6 Å². The van der Waals surface area contributed by atoms with E-state index in [1.165, 1.54) is 19.1 Å². The molecule has 1 heterocycles. The number of anilines is 2. The van der Waals surface area contributed by atoms with Gasteiger partial charge in [0.1, 0.15) is 0 Å². The lowest BCUT2D eigenvalue weighted by Crippen LogP contribution is -2.16. The molecule has 0 saturated heterocycles. The minimum Gasteiger partial charge on any atom is -0.326 e. The predicted octanol–water partition coefficient (Wildman–Crippen LogP) is 5.83. The summed E-state index contributed by atoms with van der Waals surface area (Å²) in [6, 6.07) is 10.5. The molecule has 3 aromatic rings. The lowest BCUT2D eigenvalue weighted by atomic mass is 10.1. The van der Waals surface area contributed by atoms with Crippen molar-refractivity contribution in [3.8, 4) is 0 Å². The number of aryl methyl sites for hydroxylation is 1. The molecule has 6 nitrogen and oxygen atoms in total. The van der Waals surface area contributed by atoms with Crippen molar-refractivity contribution in [2.24, 2.45) is 0 Å². The Morgan fingerprint density at radius 2 is 1.82 bits per heavy atom. The molecule has 0 aliphatic carbocycles. The van der Waals surface area contributed by atoms with Crippen LogP contribution in [-0.4, -0.2) is 21.6 Å². The number of hydrogen-bond acceptors (Lipinski definition) is 3. The maximum atomic E-state index is 13.5. The molecule has 3 rings (SSSR count). The zero-order chi connectivity index (χ0) is 25.0. The van der Waals surface area contributed by atoms with Gasteiger partial charge in [-0.2, -0.15) is 18.3 Å². The van der Waals surface area contributed by atoms with Crippen molar-refractivity contribution in [3.05, 3.63) is 81.6 Å². The van der Waals surface area contributed by atoms with E-state index in [9.17, 15) is 22.8 Å². The molecule has 0 spiro atoms. The van der Waals surface area contributed by atoms with Gasteiger partial charge in [0.05, 0.1) is 23.5 Å². The van der Waals surface area contributed by atoms with Crippen molar-refractivity contribution >= 4 is 40.9 Å². The van der Waals surface area contributed by atoms with Gasteiger partial charge in [-0.15, -0.1) is 0 Å². The van der Waals surface area contributed by atoms with E-state index in [2.05, 4.69) is 15.7 Å². The fourth-order valence-corrected chi connectivity index (χ4v) is 3.59. The molecule has 0 saturated carbocycles. The largest absolute Gasteiger partial charge is 0.418 e. The topological polar surface area (TPSA) is 76.0 Å². The molecular formula is C24H22ClF3N4O2. The van der Waals surface area contributed by atoms with E-state index in [0.717, 1.165) is 29.5 Å². The smallest absolute Gasteiger partial charge is 0.326 e. The third-order valence-corrected chi connectivity index (χ3v) is 5.39. The zero-order valence-corrected chi connectivity index (χ0v) is 19.4. The molecule has 0 bridgehead atoms. The molecule has 0 aliphatic rings. The van der Waals surface area contributed by atoms with E-state index >= 15 is 0 Å². The normalized spacial score (nSPS) is 11.6. The first-order chi connectivity index (χ1) is 16.0. The number of nitrogens with zero attached hydrogens (tertiary/aromatic N) is 2. The fourth-order valence-electron chi connectivity index (χ4n) is 3.40. The van der Waals surface area contributed by atoms with Crippen LogP contribution in [0.1, 0.15) is 35.0 Å². The number of hydrogen-bond donors (Lipinski definition) is 2. The van der Waals surface area contributed by atoms with Gasteiger partial charge in [0.2, 0.25) is 11.8 Å². The van der Waals surface area contributed by atoms with Crippen LogP contribution in [0.25, 0.3) is 6.08 Å². The van der Waals surface area contributed by atoms with Gasteiger partial charge in [0, 0.05) is 35.0 Å². The second kappa shape index (κ2) is 10.1. The van der Waals surface area contributed by atoms with E-state index in [4.69, 9.17) is 11.6 Å². The number of alkyl halides is 3. The van der Waals surface area contributed by atoms with Gasteiger partial charge < -0.3 is 10.6 Å². The number of nitrogens with one attached hydrogen (secondary N) is 2. The van der Waals surface area contributed by atoms with Crippen LogP contribution in [-0.2, 0) is 22.3 Å². The standard InChI is InChI=1S/C24H22ClF3N4O2/c1-14-19(15(2)32(31-14)13-17-6-4-5-7-21(17)25)9-11-23(34)30-22-10-8-18(29-16(3)33)12-20(22)24(26,27)28/h4-12H,13H2,1-3H3,(H,29,33)(H,30,34)/b11-9+. The van der Waals surface area contributed by atoms with E-state index in [0.29, 0.717) is 22.8 Å². The van der Waals surface area contributed by atoms with Gasteiger partial charge in [-0.05, 0) is 49.8 Å². The Morgan fingerprint density at radius 1 is 1.12 bits per heavy atom. The fraction of sp³-hybridized carbons (Fsp3) is 0.208. The summed E-state index contributed by atoms with van der Waals surface area (Å²) in [6.07, 6.45) is -2.07. The van der Waals surface area contributed by atoms with Crippen molar-refractivity contribution in [3.63, 3.8) is 0 Å². The molecular weight excluding hydrogens is 469 g/mol. The lowest BCUT2D eigenvalue weighted by molar-refractivity contribution is -0.137. The van der Waals surface area contributed by atoms with Crippen molar-refractivity contribution in [2.75, 3.05) is 10.6 Å². The molecule has 34 heavy (non-hydrogen) atoms. The Labute approximate surface area is 199 Å². The third-order valence-electron chi connectivity index (χ3n) is 5.02. The van der Waals surface area contributed by atoms with Crippen LogP contribution in [0.4, 0.5) is 24.5 Å². The molecule has 2 N–H and O–H groups in total. The van der Waals surface area contributed by atoms with Gasteiger partial charge in [-0.25, -0.2) is 0 Å². The number of carbonyl (C=O) groups is 2. The summed E-state index contributed by atoms with van der Waals surface area (Å²) in [7, 11) is 0. The van der Waals surface area contributed by atoms with Crippen LogP contribution in [0.3, 0.4) is 0 Å². The molecule has 0 aliphatic heterocycles. The summed E-state index contributed by atoms with van der Waals surface area (Å²) in [4.78, 5) is 23.6. The van der Waals surface area contributed by atoms with Crippen LogP contribution in [0, 0.1) is 13.8 Å². The van der Waals surface area contributed by atoms with Gasteiger partial charge in [0.25, 0.3) is 0 Å². The van der Waals surface area contributed by atoms with Crippen LogP contribution in [0.2, 0.25) is 5.02 Å². The van der Waals surface area contributed by atoms with Crippen LogP contribution < -0.4 is 10.6 Å². The van der Waals surface area contributed by atoms with E-state index in [-0.39, 0.29) is 5.69 Å². The molecule has 0 unspecified atom stereocenters. The summed E-state index contributed by atoms with van der Waals surface area (Å²) in [5, 5.41) is 9.64. The van der Waals surface area contributed by atoms with Gasteiger partial charge in [-0.1, -0.05) is 29.8 Å². The maximum Gasteiger partial charge on any atom is 0.418 e. The first-order valence-corrected chi connectivity index (χ1v) is 10.6. The Balaban J connectivity index is 1.80. The van der Waals surface area contributed by atoms with Crippen molar-refractivity contribution in [1.29, 1.82) is 0 Å². The highest BCUT2D eigenvalue weighted by molar-refractivity contribution is 6.31. The molecule has 2 aromatic carbocycles. The lowest BCUT2D eigenvalue weighted by Gasteiger charge is -2.15. The van der Waals surface area contributed by atoms with Gasteiger partial charge in [-0.3, -0.25) is 14.3 Å². The molecule has 178 valence electrons. The molecule has 10 heteroatoms. The highest BCUT2D eigenvalue weighted by atomic mass is 35.5. The average molecular weight is 491 g/mol. The molecule has 0 radical (unpaired) electrons. The van der Waals surface area contributed by atoms with Gasteiger partial charge >= 0.3 is 6.18 Å². The second-order valence-electron chi connectivity index (χ2n) is 7.60. The zero-order valence-electron chi connectivity index (χ0n) is 18.6. The monoisotopic (exact) mass is 490 g/mol.